The van der Waals surface area contributed by atoms with Gasteiger partial charge in [0.05, 0.1) is 0 Å². The minimum absolute atomic E-state index is 0.0422. The standard InChI is InChI=1S/C17H22N2O4/c1-2-17(9-3-4-10-17)16(23)19-13-7-5-12(6-8-13)15(22)18-11-14(20)21/h5-8H,2-4,9-11H2,1H3,(H,18,22)(H,19,23)(H,20,21). The van der Waals surface area contributed by atoms with Gasteiger partial charge in [-0.05, 0) is 43.5 Å². The smallest absolute Gasteiger partial charge is 0.322 e. The van der Waals surface area contributed by atoms with Crippen LogP contribution in [-0.2, 0) is 9.59 Å². The number of aliphatic carboxylic acids is 1. The Morgan fingerprint density at radius 2 is 1.74 bits per heavy atom. The molecule has 0 atom stereocenters. The summed E-state index contributed by atoms with van der Waals surface area (Å²) < 4.78 is 0. The van der Waals surface area contributed by atoms with Crippen LogP contribution in [0.2, 0.25) is 0 Å². The molecule has 0 heterocycles. The molecule has 0 bridgehead atoms. The van der Waals surface area contributed by atoms with Gasteiger partial charge >= 0.3 is 5.97 Å². The van der Waals surface area contributed by atoms with Gasteiger partial charge in [0, 0.05) is 16.7 Å². The number of anilines is 1. The number of benzene rings is 1. The summed E-state index contributed by atoms with van der Waals surface area (Å²) in [6, 6.07) is 6.46. The highest BCUT2D eigenvalue weighted by Gasteiger charge is 2.39. The first-order valence-electron chi connectivity index (χ1n) is 7.88. The summed E-state index contributed by atoms with van der Waals surface area (Å²) in [6.45, 7) is 1.62. The van der Waals surface area contributed by atoms with Gasteiger partial charge in [-0.15, -0.1) is 0 Å². The van der Waals surface area contributed by atoms with Gasteiger partial charge in [-0.2, -0.15) is 0 Å². The third-order valence-corrected chi connectivity index (χ3v) is 4.52. The highest BCUT2D eigenvalue weighted by Crippen LogP contribution is 2.41. The topological polar surface area (TPSA) is 95.5 Å². The summed E-state index contributed by atoms with van der Waals surface area (Å²) in [5.41, 5.74) is 0.734. The number of amides is 2. The van der Waals surface area contributed by atoms with Crippen molar-refractivity contribution < 1.29 is 19.5 Å². The third-order valence-electron chi connectivity index (χ3n) is 4.52. The van der Waals surface area contributed by atoms with E-state index >= 15 is 0 Å². The molecule has 3 N–H and O–H groups in total. The minimum Gasteiger partial charge on any atom is -0.480 e. The average Bonchev–Trinajstić information content (AvgIpc) is 3.03. The summed E-state index contributed by atoms with van der Waals surface area (Å²) in [5, 5.41) is 13.8. The van der Waals surface area contributed by atoms with Crippen LogP contribution in [0, 0.1) is 5.41 Å². The van der Waals surface area contributed by atoms with Crippen molar-refractivity contribution in [2.75, 3.05) is 11.9 Å². The van der Waals surface area contributed by atoms with Crippen molar-refractivity contribution in [3.63, 3.8) is 0 Å². The molecule has 0 unspecified atom stereocenters. The van der Waals surface area contributed by atoms with Crippen LogP contribution in [0.25, 0.3) is 0 Å². The molecule has 0 aliphatic heterocycles. The lowest BCUT2D eigenvalue weighted by molar-refractivity contribution is -0.135. The molecule has 1 fully saturated rings. The Morgan fingerprint density at radius 3 is 2.26 bits per heavy atom. The van der Waals surface area contributed by atoms with E-state index in [9.17, 15) is 14.4 Å². The summed E-state index contributed by atoms with van der Waals surface area (Å²) >= 11 is 0. The van der Waals surface area contributed by atoms with Crippen LogP contribution in [0.15, 0.2) is 24.3 Å². The van der Waals surface area contributed by atoms with Gasteiger partial charge < -0.3 is 15.7 Å². The van der Waals surface area contributed by atoms with Crippen molar-refractivity contribution in [1.29, 1.82) is 0 Å². The molecule has 6 nitrogen and oxygen atoms in total. The summed E-state index contributed by atoms with van der Waals surface area (Å²) in [6.07, 6.45) is 4.85. The van der Waals surface area contributed by atoms with Crippen LogP contribution in [-0.4, -0.2) is 29.4 Å². The fourth-order valence-electron chi connectivity index (χ4n) is 3.02. The lowest BCUT2D eigenvalue weighted by atomic mass is 9.82. The number of carbonyl (C=O) groups excluding carboxylic acids is 2. The summed E-state index contributed by atoms with van der Waals surface area (Å²) in [7, 11) is 0. The molecular formula is C17H22N2O4. The molecule has 6 heteroatoms. The second-order valence-corrected chi connectivity index (χ2v) is 5.95. The molecule has 1 aromatic carbocycles. The molecule has 124 valence electrons. The van der Waals surface area contributed by atoms with E-state index in [0.717, 1.165) is 32.1 Å². The SMILES string of the molecule is CCC1(C(=O)Nc2ccc(C(=O)NCC(=O)O)cc2)CCCC1. The molecular weight excluding hydrogens is 296 g/mol. The molecule has 23 heavy (non-hydrogen) atoms. The number of carboxylic acid groups (broad SMARTS) is 1. The molecule has 1 aliphatic rings. The second kappa shape index (κ2) is 7.26. The van der Waals surface area contributed by atoms with Gasteiger partial charge in [0.2, 0.25) is 5.91 Å². The van der Waals surface area contributed by atoms with Gasteiger partial charge in [0.15, 0.2) is 0 Å². The summed E-state index contributed by atoms with van der Waals surface area (Å²) in [4.78, 5) is 34.7. The number of rotatable bonds is 6. The van der Waals surface area contributed by atoms with Crippen LogP contribution in [0.5, 0.6) is 0 Å². The molecule has 0 aromatic heterocycles. The number of nitrogens with one attached hydrogen (secondary N) is 2. The van der Waals surface area contributed by atoms with Crippen LogP contribution in [0.1, 0.15) is 49.4 Å². The Hall–Kier alpha value is -2.37. The fraction of sp³-hybridized carbons (Fsp3) is 0.471. The molecule has 0 spiro atoms. The van der Waals surface area contributed by atoms with E-state index in [0.29, 0.717) is 11.3 Å². The monoisotopic (exact) mass is 318 g/mol. The first-order chi connectivity index (χ1) is 11.0. The Bertz CT molecular complexity index is 589. The number of hydrogen-bond acceptors (Lipinski definition) is 3. The second-order valence-electron chi connectivity index (χ2n) is 5.95. The van der Waals surface area contributed by atoms with Crippen LogP contribution < -0.4 is 10.6 Å². The fourth-order valence-corrected chi connectivity index (χ4v) is 3.02. The van der Waals surface area contributed by atoms with E-state index in [-0.39, 0.29) is 11.3 Å². The highest BCUT2D eigenvalue weighted by atomic mass is 16.4. The molecule has 0 radical (unpaired) electrons. The van der Waals surface area contributed by atoms with Crippen molar-refractivity contribution in [2.45, 2.75) is 39.0 Å². The molecule has 1 aromatic rings. The van der Waals surface area contributed by atoms with Gasteiger partial charge in [-0.3, -0.25) is 14.4 Å². The van der Waals surface area contributed by atoms with E-state index < -0.39 is 18.4 Å². The zero-order chi connectivity index (χ0) is 16.9. The third kappa shape index (κ3) is 4.09. The maximum atomic E-state index is 12.5. The quantitative estimate of drug-likeness (QED) is 0.750. The van der Waals surface area contributed by atoms with Crippen LogP contribution in [0.3, 0.4) is 0 Å². The minimum atomic E-state index is -1.09. The number of carbonyl (C=O) groups is 3. The largest absolute Gasteiger partial charge is 0.480 e. The summed E-state index contributed by atoms with van der Waals surface area (Å²) in [5.74, 6) is -1.50. The Balaban J connectivity index is 1.98. The predicted octanol–water partition coefficient (Wildman–Crippen LogP) is 2.41. The maximum absolute atomic E-state index is 12.5. The molecule has 1 aliphatic carbocycles. The van der Waals surface area contributed by atoms with Gasteiger partial charge in [0.25, 0.3) is 5.91 Å². The highest BCUT2D eigenvalue weighted by molar-refractivity contribution is 5.98. The van der Waals surface area contributed by atoms with E-state index in [1.165, 1.54) is 0 Å². The molecule has 0 saturated heterocycles. The van der Waals surface area contributed by atoms with Gasteiger partial charge in [0.1, 0.15) is 6.54 Å². The Morgan fingerprint density at radius 1 is 1.13 bits per heavy atom. The van der Waals surface area contributed by atoms with Gasteiger partial charge in [-0.1, -0.05) is 19.8 Å². The Labute approximate surface area is 135 Å². The van der Waals surface area contributed by atoms with E-state index in [1.54, 1.807) is 24.3 Å². The van der Waals surface area contributed by atoms with E-state index in [4.69, 9.17) is 5.11 Å². The first kappa shape index (κ1) is 17.0. The number of carboxylic acids is 1. The lowest BCUT2D eigenvalue weighted by Crippen LogP contribution is -2.33. The van der Waals surface area contributed by atoms with Crippen LogP contribution >= 0.6 is 0 Å². The number of hydrogen-bond donors (Lipinski definition) is 3. The molecule has 2 rings (SSSR count). The van der Waals surface area contributed by atoms with Crippen molar-refractivity contribution in [1.82, 2.24) is 5.32 Å². The molecule has 1 saturated carbocycles. The van der Waals surface area contributed by atoms with Crippen LogP contribution in [0.4, 0.5) is 5.69 Å². The van der Waals surface area contributed by atoms with Crippen molar-refractivity contribution >= 4 is 23.5 Å². The lowest BCUT2D eigenvalue weighted by Gasteiger charge is -2.26. The Kier molecular flexibility index (Phi) is 5.36. The maximum Gasteiger partial charge on any atom is 0.322 e. The predicted molar refractivity (Wildman–Crippen MR) is 86.2 cm³/mol. The van der Waals surface area contributed by atoms with Gasteiger partial charge in [-0.25, -0.2) is 0 Å². The zero-order valence-electron chi connectivity index (χ0n) is 13.2. The normalized spacial score (nSPS) is 15.9. The van der Waals surface area contributed by atoms with Crippen molar-refractivity contribution in [3.05, 3.63) is 29.8 Å². The van der Waals surface area contributed by atoms with E-state index in [2.05, 4.69) is 10.6 Å². The average molecular weight is 318 g/mol. The zero-order valence-corrected chi connectivity index (χ0v) is 13.2. The first-order valence-corrected chi connectivity index (χ1v) is 7.88. The van der Waals surface area contributed by atoms with Crippen molar-refractivity contribution in [2.24, 2.45) is 5.41 Å². The van der Waals surface area contributed by atoms with E-state index in [1.807, 2.05) is 6.92 Å². The van der Waals surface area contributed by atoms with Crippen molar-refractivity contribution in [3.8, 4) is 0 Å². The molecule has 2 amide bonds.